The highest BCUT2D eigenvalue weighted by atomic mass is 16.3. The minimum absolute atomic E-state index is 0.00560. The highest BCUT2D eigenvalue weighted by Crippen LogP contribution is 2.24. The van der Waals surface area contributed by atoms with Crippen LogP contribution < -0.4 is 5.32 Å². The van der Waals surface area contributed by atoms with E-state index >= 15 is 0 Å². The van der Waals surface area contributed by atoms with Gasteiger partial charge in [-0.25, -0.2) is 9.97 Å². The normalized spacial score (nSPS) is 25.7. The van der Waals surface area contributed by atoms with Crippen LogP contribution in [0.1, 0.15) is 48.9 Å². The fourth-order valence-electron chi connectivity index (χ4n) is 4.09. The van der Waals surface area contributed by atoms with Gasteiger partial charge in [0, 0.05) is 29.7 Å². The molecule has 0 spiro atoms. The van der Waals surface area contributed by atoms with E-state index in [0.29, 0.717) is 18.1 Å². The lowest BCUT2D eigenvalue weighted by Gasteiger charge is -2.26. The summed E-state index contributed by atoms with van der Waals surface area (Å²) in [6.07, 6.45) is 6.75. The number of carbonyl (C=O) groups excluding carboxylic acids is 1. The van der Waals surface area contributed by atoms with Gasteiger partial charge in [0.25, 0.3) is 5.91 Å². The second kappa shape index (κ2) is 7.78. The Kier molecular flexibility index (Phi) is 5.22. The molecule has 1 aliphatic carbocycles. The number of carbonyl (C=O) groups is 1. The second-order valence-corrected chi connectivity index (χ2v) is 7.59. The topological polar surface area (TPSA) is 98.6 Å². The van der Waals surface area contributed by atoms with Gasteiger partial charge in [0.1, 0.15) is 0 Å². The third-order valence-corrected chi connectivity index (χ3v) is 5.71. The van der Waals surface area contributed by atoms with E-state index in [4.69, 9.17) is 0 Å². The molecule has 2 heterocycles. The van der Waals surface area contributed by atoms with Crippen molar-refractivity contribution in [2.45, 2.75) is 56.7 Å². The molecule has 1 atom stereocenters. The van der Waals surface area contributed by atoms with Crippen LogP contribution in [0.25, 0.3) is 10.9 Å². The highest BCUT2D eigenvalue weighted by molar-refractivity contribution is 5.98. The van der Waals surface area contributed by atoms with Crippen LogP contribution in [0.3, 0.4) is 0 Å². The van der Waals surface area contributed by atoms with E-state index in [-0.39, 0.29) is 30.7 Å². The number of fused-ring (bicyclic) bond motifs is 1. The van der Waals surface area contributed by atoms with Crippen LogP contribution in [0.15, 0.2) is 24.4 Å². The van der Waals surface area contributed by atoms with Crippen LogP contribution in [-0.4, -0.2) is 62.3 Å². The van der Waals surface area contributed by atoms with E-state index in [1.54, 1.807) is 17.2 Å². The molecule has 2 aromatic rings. The Morgan fingerprint density at radius 2 is 2.04 bits per heavy atom. The quantitative estimate of drug-likeness (QED) is 0.761. The number of rotatable bonds is 4. The molecule has 7 nitrogen and oxygen atoms in total. The average molecular weight is 370 g/mol. The van der Waals surface area contributed by atoms with Gasteiger partial charge in [-0.15, -0.1) is 0 Å². The fourth-order valence-corrected chi connectivity index (χ4v) is 4.09. The summed E-state index contributed by atoms with van der Waals surface area (Å²) in [5, 5.41) is 23.3. The maximum absolute atomic E-state index is 12.8. The smallest absolute Gasteiger partial charge is 0.254 e. The molecule has 2 fully saturated rings. The van der Waals surface area contributed by atoms with Crippen molar-refractivity contribution in [2.75, 3.05) is 18.5 Å². The zero-order valence-corrected chi connectivity index (χ0v) is 15.3. The molecule has 0 unspecified atom stereocenters. The van der Waals surface area contributed by atoms with Gasteiger partial charge < -0.3 is 20.4 Å². The van der Waals surface area contributed by atoms with Crippen molar-refractivity contribution in [3.05, 3.63) is 30.0 Å². The summed E-state index contributed by atoms with van der Waals surface area (Å²) in [4.78, 5) is 23.6. The molecule has 1 aromatic heterocycles. The molecule has 3 N–H and O–H groups in total. The fraction of sp³-hybridized carbons (Fsp3) is 0.550. The van der Waals surface area contributed by atoms with Gasteiger partial charge in [0.05, 0.1) is 24.3 Å². The lowest BCUT2D eigenvalue weighted by atomic mass is 9.93. The maximum Gasteiger partial charge on any atom is 0.254 e. The molecule has 4 rings (SSSR count). The van der Waals surface area contributed by atoms with E-state index < -0.39 is 0 Å². The van der Waals surface area contributed by atoms with Crippen LogP contribution in [0.4, 0.5) is 5.95 Å². The molecule has 144 valence electrons. The summed E-state index contributed by atoms with van der Waals surface area (Å²) < 4.78 is 0. The number of hydrogen-bond donors (Lipinski definition) is 3. The number of anilines is 1. The van der Waals surface area contributed by atoms with Crippen molar-refractivity contribution in [2.24, 2.45) is 0 Å². The number of benzene rings is 1. The van der Waals surface area contributed by atoms with Crippen molar-refractivity contribution in [3.63, 3.8) is 0 Å². The lowest BCUT2D eigenvalue weighted by molar-refractivity contribution is 0.0677. The first-order chi connectivity index (χ1) is 13.1. The molecule has 7 heteroatoms. The van der Waals surface area contributed by atoms with Crippen molar-refractivity contribution in [1.29, 1.82) is 0 Å². The SMILES string of the molecule is O=C(c1ccc2cnc(NC3CCC(O)CC3)nc2c1)N1CCC[C@H]1CO. The maximum atomic E-state index is 12.8. The van der Waals surface area contributed by atoms with Gasteiger partial charge in [-0.05, 0) is 50.7 Å². The number of aromatic nitrogens is 2. The van der Waals surface area contributed by atoms with Gasteiger partial charge in [0.15, 0.2) is 0 Å². The molecule has 0 bridgehead atoms. The summed E-state index contributed by atoms with van der Waals surface area (Å²) in [6, 6.07) is 5.66. The predicted molar refractivity (Wildman–Crippen MR) is 103 cm³/mol. The molecule has 1 saturated carbocycles. The molecule has 1 aliphatic heterocycles. The van der Waals surface area contributed by atoms with E-state index in [1.807, 2.05) is 12.1 Å². The molecular formula is C20H26N4O3. The van der Waals surface area contributed by atoms with E-state index in [9.17, 15) is 15.0 Å². The van der Waals surface area contributed by atoms with Gasteiger partial charge in [-0.1, -0.05) is 6.07 Å². The van der Waals surface area contributed by atoms with Crippen molar-refractivity contribution in [3.8, 4) is 0 Å². The minimum atomic E-state index is -0.192. The standard InChI is InChI=1S/C20H26N4O3/c25-12-16-2-1-9-24(16)19(27)13-3-4-14-11-21-20(23-18(14)10-13)22-15-5-7-17(26)8-6-15/h3-4,10-11,15-17,25-26H,1-2,5-9,12H2,(H,21,22,23)/t15?,16-,17?/m0/s1. The molecular weight excluding hydrogens is 344 g/mol. The summed E-state index contributed by atoms with van der Waals surface area (Å²) in [6.45, 7) is 0.692. The minimum Gasteiger partial charge on any atom is -0.394 e. The Hall–Kier alpha value is -2.25. The second-order valence-electron chi connectivity index (χ2n) is 7.59. The summed E-state index contributed by atoms with van der Waals surface area (Å²) in [5.41, 5.74) is 1.32. The summed E-state index contributed by atoms with van der Waals surface area (Å²) >= 11 is 0. The van der Waals surface area contributed by atoms with Gasteiger partial charge in [-0.3, -0.25) is 4.79 Å². The lowest BCUT2D eigenvalue weighted by Crippen LogP contribution is -2.37. The molecule has 2 aliphatic rings. The number of amides is 1. The summed E-state index contributed by atoms with van der Waals surface area (Å²) in [7, 11) is 0. The van der Waals surface area contributed by atoms with Crippen LogP contribution in [-0.2, 0) is 0 Å². The Labute approximate surface area is 158 Å². The van der Waals surface area contributed by atoms with E-state index in [1.165, 1.54) is 0 Å². The zero-order valence-electron chi connectivity index (χ0n) is 15.3. The van der Waals surface area contributed by atoms with Gasteiger partial charge >= 0.3 is 0 Å². The number of aliphatic hydroxyl groups is 2. The van der Waals surface area contributed by atoms with Crippen LogP contribution in [0, 0.1) is 0 Å². The largest absolute Gasteiger partial charge is 0.394 e. The third kappa shape index (κ3) is 3.89. The number of likely N-dealkylation sites (tertiary alicyclic amines) is 1. The molecule has 1 aromatic carbocycles. The average Bonchev–Trinajstić information content (AvgIpc) is 3.17. The first-order valence-corrected chi connectivity index (χ1v) is 9.77. The van der Waals surface area contributed by atoms with Crippen LogP contribution >= 0.6 is 0 Å². The molecule has 0 radical (unpaired) electrons. The van der Waals surface area contributed by atoms with E-state index in [0.717, 1.165) is 49.4 Å². The van der Waals surface area contributed by atoms with E-state index in [2.05, 4.69) is 15.3 Å². The van der Waals surface area contributed by atoms with Gasteiger partial charge in [-0.2, -0.15) is 0 Å². The number of nitrogens with zero attached hydrogens (tertiary/aromatic N) is 3. The Bertz CT molecular complexity index is 820. The van der Waals surface area contributed by atoms with Gasteiger partial charge in [0.2, 0.25) is 5.95 Å². The molecule has 27 heavy (non-hydrogen) atoms. The van der Waals surface area contributed by atoms with Crippen molar-refractivity contribution >= 4 is 22.8 Å². The Morgan fingerprint density at radius 1 is 1.22 bits per heavy atom. The first-order valence-electron chi connectivity index (χ1n) is 9.77. The van der Waals surface area contributed by atoms with Crippen molar-refractivity contribution in [1.82, 2.24) is 14.9 Å². The first kappa shape index (κ1) is 18.1. The third-order valence-electron chi connectivity index (χ3n) is 5.71. The summed E-state index contributed by atoms with van der Waals surface area (Å²) in [5.74, 6) is 0.505. The number of aliphatic hydroxyl groups excluding tert-OH is 2. The Morgan fingerprint density at radius 3 is 2.81 bits per heavy atom. The molecule has 1 amide bonds. The number of nitrogens with one attached hydrogen (secondary N) is 1. The monoisotopic (exact) mass is 370 g/mol. The zero-order chi connectivity index (χ0) is 18.8. The van der Waals surface area contributed by atoms with Crippen LogP contribution in [0.2, 0.25) is 0 Å². The van der Waals surface area contributed by atoms with Crippen molar-refractivity contribution < 1.29 is 15.0 Å². The Balaban J connectivity index is 1.53. The highest BCUT2D eigenvalue weighted by Gasteiger charge is 2.29. The number of hydrogen-bond acceptors (Lipinski definition) is 6. The molecule has 1 saturated heterocycles. The van der Waals surface area contributed by atoms with Crippen LogP contribution in [0.5, 0.6) is 0 Å². The predicted octanol–water partition coefficient (Wildman–Crippen LogP) is 1.94.